The minimum atomic E-state index is -5.34. The van der Waals surface area contributed by atoms with E-state index in [1.165, 1.54) is 12.1 Å². The molecule has 56 heavy (non-hydrogen) atoms. The van der Waals surface area contributed by atoms with Gasteiger partial charge in [0.1, 0.15) is 21.3 Å². The number of hydrogen-bond acceptors (Lipinski definition) is 15. The molecular formula is C33H23N3O15S5. The highest BCUT2D eigenvalue weighted by Gasteiger charge is 2.30. The molecule has 0 unspecified atom stereocenters. The standard InChI is InChI=1S/C33H23N3O15S5/c37-22-6-10-24(11-7-22)52(39,40)27-14-4-20(17-29(27)55(46,47)48)32-34-31(19-2-1-3-26(16-19)54(43,44)45)35-33(36-32)21-5-15-28(30(18-21)56(49,50)51)53(41,42)25-12-8-23(38)9-13-25/h1-18,37-38H,(H,43,44,45)(H,46,47,48)(H,49,50,51). The van der Waals surface area contributed by atoms with Gasteiger partial charge in [-0.05, 0) is 97.1 Å². The van der Waals surface area contributed by atoms with Crippen molar-refractivity contribution in [2.45, 2.75) is 34.3 Å². The minimum absolute atomic E-state index is 0.118. The van der Waals surface area contributed by atoms with Crippen LogP contribution in [0.3, 0.4) is 0 Å². The fraction of sp³-hybridized carbons (Fsp3) is 0. The van der Waals surface area contributed by atoms with Crippen LogP contribution in [0.15, 0.2) is 143 Å². The smallest absolute Gasteiger partial charge is 0.295 e. The monoisotopic (exact) mass is 861 g/mol. The van der Waals surface area contributed by atoms with E-state index in [4.69, 9.17) is 0 Å². The van der Waals surface area contributed by atoms with E-state index in [1.807, 2.05) is 0 Å². The molecule has 6 rings (SSSR count). The number of rotatable bonds is 10. The Kier molecular flexibility index (Phi) is 10.1. The lowest BCUT2D eigenvalue weighted by Gasteiger charge is -2.13. The van der Waals surface area contributed by atoms with Crippen molar-refractivity contribution in [2.75, 3.05) is 0 Å². The number of nitrogens with zero attached hydrogens (tertiary/aromatic N) is 3. The van der Waals surface area contributed by atoms with E-state index in [0.717, 1.165) is 84.9 Å². The van der Waals surface area contributed by atoms with E-state index in [2.05, 4.69) is 15.0 Å². The first-order chi connectivity index (χ1) is 26.0. The largest absolute Gasteiger partial charge is 0.508 e. The number of benzene rings is 5. The molecule has 0 spiro atoms. The van der Waals surface area contributed by atoms with Crippen LogP contribution in [-0.4, -0.2) is 80.9 Å². The Morgan fingerprint density at radius 1 is 0.357 bits per heavy atom. The van der Waals surface area contributed by atoms with Crippen LogP contribution in [0.1, 0.15) is 0 Å². The van der Waals surface area contributed by atoms with Crippen LogP contribution in [-0.2, 0) is 50.0 Å². The van der Waals surface area contributed by atoms with Gasteiger partial charge in [0.2, 0.25) is 19.7 Å². The summed E-state index contributed by atoms with van der Waals surface area (Å²) in [6.07, 6.45) is 0. The Hall–Kier alpha value is -5.66. The molecule has 23 heteroatoms. The number of hydrogen-bond donors (Lipinski definition) is 5. The summed E-state index contributed by atoms with van der Waals surface area (Å²) in [5, 5.41) is 19.2. The van der Waals surface area contributed by atoms with Crippen LogP contribution in [0, 0.1) is 0 Å². The summed E-state index contributed by atoms with van der Waals surface area (Å²) in [4.78, 5) is 7.12. The first-order valence-electron chi connectivity index (χ1n) is 15.1. The number of phenolic OH excluding ortho intramolecular Hbond substituents is 2. The molecule has 0 aliphatic rings. The number of aromatic nitrogens is 3. The Labute approximate surface area is 318 Å². The number of aromatic hydroxyl groups is 2. The summed E-state index contributed by atoms with van der Waals surface area (Å²) in [5.74, 6) is -1.98. The minimum Gasteiger partial charge on any atom is -0.508 e. The third kappa shape index (κ3) is 8.00. The molecule has 5 aromatic carbocycles. The summed E-state index contributed by atoms with van der Waals surface area (Å²) in [6, 6.07) is 17.6. The van der Waals surface area contributed by atoms with Crippen LogP contribution >= 0.6 is 0 Å². The van der Waals surface area contributed by atoms with Crippen molar-refractivity contribution in [3.05, 3.63) is 109 Å². The van der Waals surface area contributed by atoms with E-state index in [-0.39, 0.29) is 28.2 Å². The molecule has 5 N–H and O–H groups in total. The molecule has 0 saturated heterocycles. The van der Waals surface area contributed by atoms with E-state index in [9.17, 15) is 66.0 Å². The number of sulfone groups is 2. The zero-order valence-electron chi connectivity index (χ0n) is 27.6. The molecule has 0 atom stereocenters. The van der Waals surface area contributed by atoms with Crippen molar-refractivity contribution in [1.82, 2.24) is 15.0 Å². The van der Waals surface area contributed by atoms with Crippen LogP contribution in [0.2, 0.25) is 0 Å². The topological polar surface area (TPSA) is 311 Å². The highest BCUT2D eigenvalue weighted by atomic mass is 32.2. The summed E-state index contributed by atoms with van der Waals surface area (Å²) >= 11 is 0. The van der Waals surface area contributed by atoms with Gasteiger partial charge in [0.05, 0.1) is 24.5 Å². The highest BCUT2D eigenvalue weighted by molar-refractivity contribution is 7.93. The van der Waals surface area contributed by atoms with E-state index < -0.39 is 102 Å². The van der Waals surface area contributed by atoms with Crippen molar-refractivity contribution < 1.29 is 66.0 Å². The summed E-state index contributed by atoms with van der Waals surface area (Å²) in [5.41, 5.74) is -0.729. The lowest BCUT2D eigenvalue weighted by molar-refractivity contribution is 0.474. The molecule has 0 aliphatic carbocycles. The van der Waals surface area contributed by atoms with Crippen molar-refractivity contribution >= 4 is 50.0 Å². The van der Waals surface area contributed by atoms with E-state index in [1.54, 1.807) is 0 Å². The third-order valence-electron chi connectivity index (χ3n) is 7.86. The predicted octanol–water partition coefficient (Wildman–Crippen LogP) is 3.69. The maximum absolute atomic E-state index is 13.5. The second-order valence-corrected chi connectivity index (χ2v) is 19.6. The van der Waals surface area contributed by atoms with Crippen LogP contribution in [0.25, 0.3) is 34.2 Å². The van der Waals surface area contributed by atoms with Crippen LogP contribution in [0.4, 0.5) is 0 Å². The Morgan fingerprint density at radius 2 is 0.714 bits per heavy atom. The first kappa shape index (κ1) is 40.0. The van der Waals surface area contributed by atoms with Gasteiger partial charge in [-0.3, -0.25) is 13.7 Å². The molecule has 0 amide bonds. The maximum Gasteiger partial charge on any atom is 0.295 e. The van der Waals surface area contributed by atoms with Crippen molar-refractivity contribution in [3.8, 4) is 45.7 Å². The van der Waals surface area contributed by atoms with E-state index in [0.29, 0.717) is 12.1 Å². The van der Waals surface area contributed by atoms with Gasteiger partial charge in [-0.2, -0.15) is 25.3 Å². The van der Waals surface area contributed by atoms with Gasteiger partial charge in [0, 0.05) is 16.7 Å². The van der Waals surface area contributed by atoms with Crippen molar-refractivity contribution in [3.63, 3.8) is 0 Å². The Morgan fingerprint density at radius 3 is 1.05 bits per heavy atom. The summed E-state index contributed by atoms with van der Waals surface area (Å²) in [6.45, 7) is 0. The second-order valence-electron chi connectivity index (χ2n) is 11.6. The number of phenols is 2. The molecule has 6 aromatic rings. The molecule has 0 radical (unpaired) electrons. The van der Waals surface area contributed by atoms with Crippen LogP contribution in [0.5, 0.6) is 11.5 Å². The van der Waals surface area contributed by atoms with Gasteiger partial charge in [-0.25, -0.2) is 31.8 Å². The van der Waals surface area contributed by atoms with Crippen LogP contribution < -0.4 is 0 Å². The van der Waals surface area contributed by atoms with Crippen molar-refractivity contribution in [1.29, 1.82) is 0 Å². The predicted molar refractivity (Wildman–Crippen MR) is 193 cm³/mol. The van der Waals surface area contributed by atoms with Gasteiger partial charge in [-0.1, -0.05) is 12.1 Å². The molecule has 1 heterocycles. The quantitative estimate of drug-likeness (QED) is 0.123. The summed E-state index contributed by atoms with van der Waals surface area (Å²) < 4.78 is 158. The van der Waals surface area contributed by atoms with Gasteiger partial charge in [-0.15, -0.1) is 0 Å². The lowest BCUT2D eigenvalue weighted by Crippen LogP contribution is -2.11. The second kappa shape index (κ2) is 14.1. The van der Waals surface area contributed by atoms with Gasteiger partial charge in [0.15, 0.2) is 17.5 Å². The average molecular weight is 862 g/mol. The molecule has 18 nitrogen and oxygen atoms in total. The summed E-state index contributed by atoms with van der Waals surface area (Å²) in [7, 11) is -24.8. The van der Waals surface area contributed by atoms with Gasteiger partial charge >= 0.3 is 0 Å². The molecule has 290 valence electrons. The maximum atomic E-state index is 13.5. The first-order valence-corrected chi connectivity index (χ1v) is 22.4. The Balaban J connectivity index is 1.60. The van der Waals surface area contributed by atoms with Gasteiger partial charge < -0.3 is 10.2 Å². The Bertz CT molecular complexity index is 2970. The normalized spacial score (nSPS) is 12.7. The SMILES string of the molecule is O=S(=O)(O)c1cccc(-c2nc(-c3ccc(S(=O)(=O)c4ccc(O)cc4)c(S(=O)(=O)O)c3)nc(-c3ccc(S(=O)(=O)c4ccc(O)cc4)c(S(=O)(=O)O)c3)n2)c1. The molecular weight excluding hydrogens is 839 g/mol. The zero-order valence-corrected chi connectivity index (χ0v) is 31.7. The highest BCUT2D eigenvalue weighted by Crippen LogP contribution is 2.35. The molecule has 0 aliphatic heterocycles. The fourth-order valence-electron chi connectivity index (χ4n) is 5.20. The third-order valence-corrected chi connectivity index (χ3v) is 14.4. The molecule has 1 aromatic heterocycles. The lowest BCUT2D eigenvalue weighted by atomic mass is 10.1. The zero-order chi connectivity index (χ0) is 41.0. The van der Waals surface area contributed by atoms with E-state index >= 15 is 0 Å². The van der Waals surface area contributed by atoms with Gasteiger partial charge in [0.25, 0.3) is 30.4 Å². The fourth-order valence-corrected chi connectivity index (χ4v) is 10.9. The molecule has 0 saturated carbocycles. The van der Waals surface area contributed by atoms with Crippen molar-refractivity contribution in [2.24, 2.45) is 0 Å². The molecule has 0 bridgehead atoms. The molecule has 0 fully saturated rings. The average Bonchev–Trinajstić information content (AvgIpc) is 3.13.